The van der Waals surface area contributed by atoms with Crippen LogP contribution in [0.4, 0.5) is 0 Å². The first kappa shape index (κ1) is 14.5. The summed E-state index contributed by atoms with van der Waals surface area (Å²) in [5, 5.41) is 9.36. The van der Waals surface area contributed by atoms with E-state index in [0.29, 0.717) is 5.02 Å². The number of aliphatic carboxylic acids is 1. The number of carboxylic acid groups (broad SMARTS) is 1. The Morgan fingerprint density at radius 2 is 1.94 bits per heavy atom. The summed E-state index contributed by atoms with van der Waals surface area (Å²) in [5.41, 5.74) is 0.810. The maximum absolute atomic E-state index is 11.7. The number of methoxy groups -OCH3 is 1. The highest BCUT2D eigenvalue weighted by molar-refractivity contribution is 6.30. The number of carbonyl (C=O) groups excluding carboxylic acids is 1. The number of benzene rings is 1. The summed E-state index contributed by atoms with van der Waals surface area (Å²) in [6.45, 7) is -0.280. The molecule has 0 heterocycles. The van der Waals surface area contributed by atoms with Crippen molar-refractivity contribution < 1.29 is 19.4 Å². The topological polar surface area (TPSA) is 66.8 Å². The molecule has 5 nitrogen and oxygen atoms in total. The summed E-state index contributed by atoms with van der Waals surface area (Å²) >= 11 is 5.75. The molecule has 0 radical (unpaired) electrons. The molecule has 98 valence electrons. The third kappa shape index (κ3) is 4.73. The van der Waals surface area contributed by atoms with Gasteiger partial charge >= 0.3 is 5.97 Å². The number of rotatable bonds is 6. The van der Waals surface area contributed by atoms with Crippen LogP contribution in [0.1, 0.15) is 5.56 Å². The van der Waals surface area contributed by atoms with E-state index in [1.807, 2.05) is 0 Å². The third-order valence-corrected chi connectivity index (χ3v) is 2.49. The van der Waals surface area contributed by atoms with Gasteiger partial charge in [-0.1, -0.05) is 23.7 Å². The maximum Gasteiger partial charge on any atom is 0.323 e. The molecule has 0 aliphatic heterocycles. The van der Waals surface area contributed by atoms with Crippen LogP contribution in [0.3, 0.4) is 0 Å². The Hall–Kier alpha value is -1.59. The molecule has 0 aromatic heterocycles. The lowest BCUT2D eigenvalue weighted by Gasteiger charge is -2.20. The number of ether oxygens (including phenoxy) is 1. The highest BCUT2D eigenvalue weighted by Gasteiger charge is 2.16. The Bertz CT molecular complexity index is 419. The second kappa shape index (κ2) is 6.98. The molecule has 0 fully saturated rings. The van der Waals surface area contributed by atoms with Gasteiger partial charge in [-0.15, -0.1) is 0 Å². The minimum Gasteiger partial charge on any atom is -0.480 e. The van der Waals surface area contributed by atoms with E-state index in [9.17, 15) is 9.59 Å². The number of amides is 1. The van der Waals surface area contributed by atoms with Crippen LogP contribution in [-0.4, -0.2) is 42.1 Å². The molecular weight excluding hydrogens is 258 g/mol. The van der Waals surface area contributed by atoms with Crippen LogP contribution >= 0.6 is 11.6 Å². The van der Waals surface area contributed by atoms with E-state index in [2.05, 4.69) is 0 Å². The van der Waals surface area contributed by atoms with E-state index in [-0.39, 0.29) is 25.6 Å². The van der Waals surface area contributed by atoms with Gasteiger partial charge in [0.05, 0.1) is 0 Å². The molecule has 1 N–H and O–H groups in total. The number of carboxylic acids is 1. The molecule has 0 saturated carbocycles. The Morgan fingerprint density at radius 1 is 1.33 bits per heavy atom. The zero-order valence-corrected chi connectivity index (χ0v) is 10.7. The van der Waals surface area contributed by atoms with E-state index < -0.39 is 5.97 Å². The van der Waals surface area contributed by atoms with Crippen LogP contribution in [0.15, 0.2) is 24.3 Å². The van der Waals surface area contributed by atoms with Crippen LogP contribution in [0.2, 0.25) is 5.02 Å². The number of hydrogen-bond donors (Lipinski definition) is 1. The SMILES string of the molecule is COCC(=O)N(CC(=O)O)Cc1ccc(Cl)cc1. The first-order chi connectivity index (χ1) is 8.52. The summed E-state index contributed by atoms with van der Waals surface area (Å²) in [6, 6.07) is 6.88. The van der Waals surface area contributed by atoms with Gasteiger partial charge in [0.2, 0.25) is 5.91 Å². The van der Waals surface area contributed by atoms with Crippen molar-refractivity contribution >= 4 is 23.5 Å². The molecule has 1 aromatic rings. The van der Waals surface area contributed by atoms with E-state index in [1.54, 1.807) is 24.3 Å². The summed E-state index contributed by atoms with van der Waals surface area (Å²) in [5.74, 6) is -1.43. The zero-order chi connectivity index (χ0) is 13.5. The van der Waals surface area contributed by atoms with Crippen molar-refractivity contribution in [3.8, 4) is 0 Å². The molecule has 6 heteroatoms. The number of nitrogens with zero attached hydrogens (tertiary/aromatic N) is 1. The largest absolute Gasteiger partial charge is 0.480 e. The van der Waals surface area contributed by atoms with Crippen molar-refractivity contribution in [1.82, 2.24) is 4.90 Å². The molecule has 0 atom stereocenters. The average Bonchev–Trinajstić information content (AvgIpc) is 2.31. The Kier molecular flexibility index (Phi) is 5.61. The second-order valence-corrected chi connectivity index (χ2v) is 4.14. The van der Waals surface area contributed by atoms with Crippen LogP contribution < -0.4 is 0 Å². The third-order valence-electron chi connectivity index (χ3n) is 2.23. The molecule has 0 saturated heterocycles. The first-order valence-corrected chi connectivity index (χ1v) is 5.63. The Labute approximate surface area is 110 Å². The fourth-order valence-corrected chi connectivity index (χ4v) is 1.55. The van der Waals surface area contributed by atoms with Gasteiger partial charge in [0.15, 0.2) is 0 Å². The standard InChI is InChI=1S/C12H14ClNO4/c1-18-8-11(15)14(7-12(16)17)6-9-2-4-10(13)5-3-9/h2-5H,6-8H2,1H3,(H,16,17). The lowest BCUT2D eigenvalue weighted by atomic mass is 10.2. The van der Waals surface area contributed by atoms with Crippen molar-refractivity contribution in [2.75, 3.05) is 20.3 Å². The van der Waals surface area contributed by atoms with Crippen LogP contribution in [0.25, 0.3) is 0 Å². The van der Waals surface area contributed by atoms with Gasteiger partial charge in [-0.25, -0.2) is 0 Å². The molecule has 0 unspecified atom stereocenters. The number of halogens is 1. The predicted molar refractivity (Wildman–Crippen MR) is 66.4 cm³/mol. The van der Waals surface area contributed by atoms with Gasteiger partial charge in [-0.3, -0.25) is 9.59 Å². The molecule has 1 amide bonds. The minimum atomic E-state index is -1.06. The fourth-order valence-electron chi connectivity index (χ4n) is 1.42. The summed E-state index contributed by atoms with van der Waals surface area (Å²) in [6.07, 6.45) is 0. The van der Waals surface area contributed by atoms with Gasteiger partial charge in [0.1, 0.15) is 13.2 Å². The maximum atomic E-state index is 11.7. The van der Waals surface area contributed by atoms with Crippen molar-refractivity contribution in [3.05, 3.63) is 34.9 Å². The minimum absolute atomic E-state index is 0.138. The average molecular weight is 272 g/mol. The van der Waals surface area contributed by atoms with Crippen LogP contribution in [-0.2, 0) is 20.9 Å². The Morgan fingerprint density at radius 3 is 2.44 bits per heavy atom. The molecule has 0 aliphatic carbocycles. The molecule has 1 rings (SSSR count). The van der Waals surface area contributed by atoms with Crippen LogP contribution in [0, 0.1) is 0 Å². The van der Waals surface area contributed by atoms with E-state index in [1.165, 1.54) is 12.0 Å². The quantitative estimate of drug-likeness (QED) is 0.849. The predicted octanol–water partition coefficient (Wildman–Crippen LogP) is 1.40. The molecule has 0 aliphatic rings. The van der Waals surface area contributed by atoms with Gasteiger partial charge in [0.25, 0.3) is 0 Å². The van der Waals surface area contributed by atoms with Gasteiger partial charge in [0, 0.05) is 18.7 Å². The lowest BCUT2D eigenvalue weighted by molar-refractivity contribution is -0.146. The molecule has 0 bridgehead atoms. The zero-order valence-electron chi connectivity index (χ0n) is 9.93. The van der Waals surface area contributed by atoms with Gasteiger partial charge in [-0.2, -0.15) is 0 Å². The fraction of sp³-hybridized carbons (Fsp3) is 0.333. The number of carbonyl (C=O) groups is 2. The van der Waals surface area contributed by atoms with E-state index in [0.717, 1.165) is 5.56 Å². The van der Waals surface area contributed by atoms with Crippen LogP contribution in [0.5, 0.6) is 0 Å². The molecule has 18 heavy (non-hydrogen) atoms. The monoisotopic (exact) mass is 271 g/mol. The van der Waals surface area contributed by atoms with Crippen molar-refractivity contribution in [2.24, 2.45) is 0 Å². The summed E-state index contributed by atoms with van der Waals surface area (Å²) in [4.78, 5) is 23.6. The second-order valence-electron chi connectivity index (χ2n) is 3.70. The van der Waals surface area contributed by atoms with Gasteiger partial charge < -0.3 is 14.7 Å². The lowest BCUT2D eigenvalue weighted by Crippen LogP contribution is -2.37. The smallest absolute Gasteiger partial charge is 0.323 e. The normalized spacial score (nSPS) is 10.1. The molecule has 0 spiro atoms. The first-order valence-electron chi connectivity index (χ1n) is 5.26. The number of hydrogen-bond acceptors (Lipinski definition) is 3. The Balaban J connectivity index is 2.74. The highest BCUT2D eigenvalue weighted by atomic mass is 35.5. The highest BCUT2D eigenvalue weighted by Crippen LogP contribution is 2.11. The van der Waals surface area contributed by atoms with Crippen molar-refractivity contribution in [1.29, 1.82) is 0 Å². The van der Waals surface area contributed by atoms with E-state index >= 15 is 0 Å². The van der Waals surface area contributed by atoms with Crippen molar-refractivity contribution in [3.63, 3.8) is 0 Å². The summed E-state index contributed by atoms with van der Waals surface area (Å²) in [7, 11) is 1.39. The summed E-state index contributed by atoms with van der Waals surface area (Å²) < 4.78 is 4.72. The molecule has 1 aromatic carbocycles. The van der Waals surface area contributed by atoms with Gasteiger partial charge in [-0.05, 0) is 17.7 Å². The van der Waals surface area contributed by atoms with E-state index in [4.69, 9.17) is 21.4 Å². The molecular formula is C12H14ClNO4. The van der Waals surface area contributed by atoms with Crippen molar-refractivity contribution in [2.45, 2.75) is 6.54 Å².